The van der Waals surface area contributed by atoms with Crippen LogP contribution in [0.3, 0.4) is 0 Å². The summed E-state index contributed by atoms with van der Waals surface area (Å²) in [6.45, 7) is 0.737. The molecule has 0 spiro atoms. The highest BCUT2D eigenvalue weighted by molar-refractivity contribution is 5.77. The van der Waals surface area contributed by atoms with Gasteiger partial charge in [-0.1, -0.05) is 0 Å². The SMILES string of the molecule is CNC(=O)CNC1COc2cc(O)ccc21. The quantitative estimate of drug-likeness (QED) is 0.681. The van der Waals surface area contributed by atoms with Crippen LogP contribution in [0.1, 0.15) is 11.6 Å². The van der Waals surface area contributed by atoms with E-state index in [1.165, 1.54) is 0 Å². The second-order valence-electron chi connectivity index (χ2n) is 3.64. The molecule has 16 heavy (non-hydrogen) atoms. The molecular weight excluding hydrogens is 208 g/mol. The van der Waals surface area contributed by atoms with E-state index >= 15 is 0 Å². The monoisotopic (exact) mass is 222 g/mol. The van der Waals surface area contributed by atoms with Crippen molar-refractivity contribution >= 4 is 5.91 Å². The van der Waals surface area contributed by atoms with Crippen molar-refractivity contribution in [2.45, 2.75) is 6.04 Å². The third-order valence-corrected chi connectivity index (χ3v) is 2.57. The van der Waals surface area contributed by atoms with Gasteiger partial charge in [-0.2, -0.15) is 0 Å². The number of likely N-dealkylation sites (N-methyl/N-ethyl adjacent to an activating group) is 1. The Bertz CT molecular complexity index is 406. The number of phenolic OH excluding ortho intramolecular Hbond substituents is 1. The van der Waals surface area contributed by atoms with E-state index in [1.807, 2.05) is 0 Å². The zero-order chi connectivity index (χ0) is 11.5. The lowest BCUT2D eigenvalue weighted by molar-refractivity contribution is -0.119. The Labute approximate surface area is 93.4 Å². The second kappa shape index (κ2) is 4.40. The van der Waals surface area contributed by atoms with Crippen molar-refractivity contribution in [1.82, 2.24) is 10.6 Å². The Hall–Kier alpha value is -1.75. The molecular formula is C11H14N2O3. The van der Waals surface area contributed by atoms with Gasteiger partial charge in [-0.05, 0) is 12.1 Å². The van der Waals surface area contributed by atoms with Crippen LogP contribution in [0.4, 0.5) is 0 Å². The lowest BCUT2D eigenvalue weighted by atomic mass is 10.1. The first-order valence-corrected chi connectivity index (χ1v) is 5.10. The maximum Gasteiger partial charge on any atom is 0.233 e. The molecule has 0 saturated carbocycles. The van der Waals surface area contributed by atoms with Crippen molar-refractivity contribution < 1.29 is 14.6 Å². The smallest absolute Gasteiger partial charge is 0.233 e. The number of hydrogen-bond acceptors (Lipinski definition) is 4. The fourth-order valence-corrected chi connectivity index (χ4v) is 1.67. The Morgan fingerprint density at radius 1 is 1.62 bits per heavy atom. The van der Waals surface area contributed by atoms with E-state index in [1.54, 1.807) is 25.2 Å². The van der Waals surface area contributed by atoms with Crippen molar-refractivity contribution in [3.8, 4) is 11.5 Å². The molecule has 0 fully saturated rings. The first-order valence-electron chi connectivity index (χ1n) is 5.10. The molecule has 0 radical (unpaired) electrons. The zero-order valence-electron chi connectivity index (χ0n) is 8.99. The highest BCUT2D eigenvalue weighted by Gasteiger charge is 2.24. The summed E-state index contributed by atoms with van der Waals surface area (Å²) in [6, 6.07) is 5.01. The third-order valence-electron chi connectivity index (χ3n) is 2.57. The molecule has 3 N–H and O–H groups in total. The highest BCUT2D eigenvalue weighted by Crippen LogP contribution is 2.34. The summed E-state index contributed by atoms with van der Waals surface area (Å²) >= 11 is 0. The van der Waals surface area contributed by atoms with Crippen molar-refractivity contribution in [2.75, 3.05) is 20.2 Å². The van der Waals surface area contributed by atoms with Gasteiger partial charge in [-0.3, -0.25) is 10.1 Å². The molecule has 1 atom stereocenters. The van der Waals surface area contributed by atoms with E-state index in [2.05, 4.69) is 10.6 Å². The minimum atomic E-state index is -0.0628. The number of phenols is 1. The summed E-state index contributed by atoms with van der Waals surface area (Å²) in [5, 5.41) is 14.9. The number of carbonyl (C=O) groups excluding carboxylic acids is 1. The molecule has 1 aromatic carbocycles. The molecule has 0 bridgehead atoms. The summed E-state index contributed by atoms with van der Waals surface area (Å²) < 4.78 is 5.40. The van der Waals surface area contributed by atoms with E-state index < -0.39 is 0 Å². The van der Waals surface area contributed by atoms with Gasteiger partial charge < -0.3 is 15.2 Å². The van der Waals surface area contributed by atoms with Crippen LogP contribution in [0.15, 0.2) is 18.2 Å². The molecule has 1 aliphatic rings. The molecule has 0 aliphatic carbocycles. The van der Waals surface area contributed by atoms with Gasteiger partial charge in [0.15, 0.2) is 0 Å². The number of nitrogens with one attached hydrogen (secondary N) is 2. The highest BCUT2D eigenvalue weighted by atomic mass is 16.5. The molecule has 0 saturated heterocycles. The largest absolute Gasteiger partial charge is 0.508 e. The molecule has 86 valence electrons. The van der Waals surface area contributed by atoms with Gasteiger partial charge >= 0.3 is 0 Å². The molecule has 1 aliphatic heterocycles. The van der Waals surface area contributed by atoms with Crippen LogP contribution in [-0.2, 0) is 4.79 Å². The summed E-state index contributed by atoms with van der Waals surface area (Å²) in [6.07, 6.45) is 0. The van der Waals surface area contributed by atoms with Crippen LogP contribution in [0, 0.1) is 0 Å². The average Bonchev–Trinajstić information content (AvgIpc) is 2.68. The van der Waals surface area contributed by atoms with Gasteiger partial charge in [0.25, 0.3) is 0 Å². The van der Waals surface area contributed by atoms with Crippen LogP contribution >= 0.6 is 0 Å². The summed E-state index contributed by atoms with van der Waals surface area (Å²) in [5.41, 5.74) is 0.974. The fraction of sp³-hybridized carbons (Fsp3) is 0.364. The van der Waals surface area contributed by atoms with Crippen molar-refractivity contribution in [3.05, 3.63) is 23.8 Å². The first kappa shape index (κ1) is 10.8. The van der Waals surface area contributed by atoms with E-state index in [4.69, 9.17) is 4.74 Å². The maximum absolute atomic E-state index is 11.1. The Balaban J connectivity index is 2.03. The van der Waals surface area contributed by atoms with E-state index in [0.29, 0.717) is 12.4 Å². The predicted octanol–water partition coefficient (Wildman–Crippen LogP) is 0.161. The predicted molar refractivity (Wildman–Crippen MR) is 58.4 cm³/mol. The van der Waals surface area contributed by atoms with Crippen LogP contribution in [0.5, 0.6) is 11.5 Å². The molecule has 1 aromatic rings. The molecule has 5 heteroatoms. The molecule has 1 amide bonds. The van der Waals surface area contributed by atoms with Crippen molar-refractivity contribution in [3.63, 3.8) is 0 Å². The zero-order valence-corrected chi connectivity index (χ0v) is 8.99. The first-order chi connectivity index (χ1) is 7.70. The van der Waals surface area contributed by atoms with E-state index in [9.17, 15) is 9.90 Å². The number of carbonyl (C=O) groups is 1. The molecule has 1 unspecified atom stereocenters. The number of fused-ring (bicyclic) bond motifs is 1. The minimum absolute atomic E-state index is 0.00731. The lowest BCUT2D eigenvalue weighted by Gasteiger charge is -2.10. The molecule has 0 aromatic heterocycles. The number of amides is 1. The summed E-state index contributed by atoms with van der Waals surface area (Å²) in [5.74, 6) is 0.798. The Morgan fingerprint density at radius 2 is 2.44 bits per heavy atom. The van der Waals surface area contributed by atoms with Crippen LogP contribution in [0.25, 0.3) is 0 Å². The summed E-state index contributed by atoms with van der Waals surface area (Å²) in [7, 11) is 1.60. The average molecular weight is 222 g/mol. The van der Waals surface area contributed by atoms with Gasteiger partial charge in [0.1, 0.15) is 18.1 Å². The molecule has 5 nitrogen and oxygen atoms in total. The van der Waals surface area contributed by atoms with E-state index in [-0.39, 0.29) is 24.2 Å². The lowest BCUT2D eigenvalue weighted by Crippen LogP contribution is -2.34. The number of aromatic hydroxyl groups is 1. The van der Waals surface area contributed by atoms with Gasteiger partial charge in [0, 0.05) is 18.7 Å². The number of rotatable bonds is 3. The number of benzene rings is 1. The van der Waals surface area contributed by atoms with Gasteiger partial charge in [0.05, 0.1) is 12.6 Å². The van der Waals surface area contributed by atoms with Gasteiger partial charge in [0.2, 0.25) is 5.91 Å². The number of ether oxygens (including phenoxy) is 1. The number of hydrogen-bond donors (Lipinski definition) is 3. The Morgan fingerprint density at radius 3 is 3.19 bits per heavy atom. The Kier molecular flexibility index (Phi) is 2.96. The normalized spacial score (nSPS) is 17.7. The fourth-order valence-electron chi connectivity index (χ4n) is 1.67. The van der Waals surface area contributed by atoms with Gasteiger partial charge in [-0.15, -0.1) is 0 Å². The third kappa shape index (κ3) is 2.09. The van der Waals surface area contributed by atoms with Gasteiger partial charge in [-0.25, -0.2) is 0 Å². The summed E-state index contributed by atoms with van der Waals surface area (Å²) in [4.78, 5) is 11.1. The van der Waals surface area contributed by atoms with Crippen LogP contribution in [-0.4, -0.2) is 31.2 Å². The molecule has 2 rings (SSSR count). The van der Waals surface area contributed by atoms with Crippen LogP contribution in [0.2, 0.25) is 0 Å². The minimum Gasteiger partial charge on any atom is -0.508 e. The maximum atomic E-state index is 11.1. The van der Waals surface area contributed by atoms with Crippen molar-refractivity contribution in [2.24, 2.45) is 0 Å². The van der Waals surface area contributed by atoms with E-state index in [0.717, 1.165) is 5.56 Å². The molecule has 1 heterocycles. The second-order valence-corrected chi connectivity index (χ2v) is 3.64. The topological polar surface area (TPSA) is 70.6 Å². The van der Waals surface area contributed by atoms with Crippen LogP contribution < -0.4 is 15.4 Å². The standard InChI is InChI=1S/C11H14N2O3/c1-12-11(15)5-13-9-6-16-10-4-7(14)2-3-8(9)10/h2-4,9,13-14H,5-6H2,1H3,(H,12,15). The van der Waals surface area contributed by atoms with Crippen molar-refractivity contribution in [1.29, 1.82) is 0 Å².